The van der Waals surface area contributed by atoms with Gasteiger partial charge in [-0.1, -0.05) is 0 Å². The summed E-state index contributed by atoms with van der Waals surface area (Å²) in [7, 11) is 0. The fraction of sp³-hybridized carbons (Fsp3) is 0.167. The Bertz CT molecular complexity index is 1000. The van der Waals surface area contributed by atoms with E-state index >= 15 is 0 Å². The van der Waals surface area contributed by atoms with Crippen LogP contribution in [0.5, 0.6) is 0 Å². The predicted octanol–water partition coefficient (Wildman–Crippen LogP) is 5.30. The van der Waals surface area contributed by atoms with Crippen molar-refractivity contribution in [1.82, 2.24) is 4.57 Å². The molecule has 0 radical (unpaired) electrons. The predicted molar refractivity (Wildman–Crippen MR) is 113 cm³/mol. The van der Waals surface area contributed by atoms with Crippen molar-refractivity contribution < 1.29 is 0 Å². The Morgan fingerprint density at radius 1 is 0.808 bits per heavy atom. The van der Waals surface area contributed by atoms with E-state index in [9.17, 15) is 0 Å². The molecule has 26 heavy (non-hydrogen) atoms. The monoisotopic (exact) mass is 405 g/mol. The average Bonchev–Trinajstić information content (AvgIpc) is 3.00. The molecular formula is C24H23NSe. The molecule has 0 amide bonds. The molecule has 2 heteroatoms. The first-order chi connectivity index (χ1) is 12.7. The Kier molecular flexibility index (Phi) is 4.97. The van der Waals surface area contributed by atoms with Crippen LogP contribution in [-0.4, -0.2) is 19.5 Å². The van der Waals surface area contributed by atoms with Gasteiger partial charge in [0.05, 0.1) is 0 Å². The number of nitrogens with zero attached hydrogens (tertiary/aromatic N) is 1. The van der Waals surface area contributed by atoms with Crippen LogP contribution in [0.3, 0.4) is 0 Å². The summed E-state index contributed by atoms with van der Waals surface area (Å²) >= 11 is 0.437. The Morgan fingerprint density at radius 2 is 1.50 bits per heavy atom. The quantitative estimate of drug-likeness (QED) is 0.398. The van der Waals surface area contributed by atoms with Gasteiger partial charge in [-0.2, -0.15) is 0 Å². The molecular weight excluding hydrogens is 381 g/mol. The molecule has 1 nitrogen and oxygen atoms in total. The number of hydrogen-bond acceptors (Lipinski definition) is 0. The van der Waals surface area contributed by atoms with Crippen molar-refractivity contribution in [3.8, 4) is 0 Å². The summed E-state index contributed by atoms with van der Waals surface area (Å²) in [5.41, 5.74) is 5.39. The Labute approximate surface area is 161 Å². The topological polar surface area (TPSA) is 4.93 Å². The molecule has 0 aliphatic rings. The molecule has 0 spiro atoms. The van der Waals surface area contributed by atoms with Crippen molar-refractivity contribution >= 4 is 30.3 Å². The summed E-state index contributed by atoms with van der Waals surface area (Å²) in [6.45, 7) is 4.38. The molecule has 0 fully saturated rings. The van der Waals surface area contributed by atoms with E-state index in [2.05, 4.69) is 103 Å². The van der Waals surface area contributed by atoms with E-state index in [1.165, 1.54) is 32.2 Å². The fourth-order valence-electron chi connectivity index (χ4n) is 3.53. The SMILES string of the molecule is Cc1ccc([Se]CC(c2ccccc2)n2c(C)cc3ccccc32)cc1. The standard InChI is InChI=1S/C24H23NSe/c1-18-12-14-22(15-13-18)26-17-24(20-8-4-3-5-9-20)25-19(2)16-21-10-6-7-11-23(21)25/h3-16,24H,17H2,1-2H3. The minimum atomic E-state index is 0.373. The van der Waals surface area contributed by atoms with E-state index < -0.39 is 0 Å². The van der Waals surface area contributed by atoms with Crippen LogP contribution >= 0.6 is 0 Å². The van der Waals surface area contributed by atoms with E-state index in [4.69, 9.17) is 0 Å². The number of benzene rings is 3. The first-order valence-electron chi connectivity index (χ1n) is 9.03. The van der Waals surface area contributed by atoms with Crippen LogP contribution in [0, 0.1) is 13.8 Å². The minimum absolute atomic E-state index is 0.373. The van der Waals surface area contributed by atoms with E-state index in [1.54, 1.807) is 0 Å². The Balaban J connectivity index is 1.73. The van der Waals surface area contributed by atoms with E-state index in [-0.39, 0.29) is 0 Å². The number of aryl methyl sites for hydroxylation is 2. The molecule has 0 bridgehead atoms. The van der Waals surface area contributed by atoms with Gasteiger partial charge in [0.15, 0.2) is 0 Å². The maximum absolute atomic E-state index is 2.53. The van der Waals surface area contributed by atoms with Crippen molar-refractivity contribution in [3.63, 3.8) is 0 Å². The zero-order valence-corrected chi connectivity index (χ0v) is 16.9. The third-order valence-electron chi connectivity index (χ3n) is 4.87. The Hall–Kier alpha value is -2.28. The summed E-state index contributed by atoms with van der Waals surface area (Å²) in [6.07, 6.45) is 0. The summed E-state index contributed by atoms with van der Waals surface area (Å²) < 4.78 is 4.00. The van der Waals surface area contributed by atoms with Crippen molar-refractivity contribution in [3.05, 3.63) is 102 Å². The first kappa shape index (κ1) is 17.1. The number of rotatable bonds is 5. The van der Waals surface area contributed by atoms with E-state index in [0.29, 0.717) is 21.0 Å². The maximum atomic E-state index is 2.53. The van der Waals surface area contributed by atoms with Crippen LogP contribution in [-0.2, 0) is 0 Å². The van der Waals surface area contributed by atoms with Gasteiger partial charge in [-0.15, -0.1) is 0 Å². The molecule has 0 aliphatic carbocycles. The van der Waals surface area contributed by atoms with Crippen molar-refractivity contribution in [2.75, 3.05) is 0 Å². The van der Waals surface area contributed by atoms with Crippen LogP contribution in [0.15, 0.2) is 84.9 Å². The van der Waals surface area contributed by atoms with Crippen LogP contribution in [0.1, 0.15) is 22.9 Å². The molecule has 4 aromatic rings. The van der Waals surface area contributed by atoms with Crippen LogP contribution in [0.2, 0.25) is 5.32 Å². The van der Waals surface area contributed by atoms with Gasteiger partial charge in [0, 0.05) is 0 Å². The normalized spacial score (nSPS) is 12.4. The molecule has 1 heterocycles. The van der Waals surface area contributed by atoms with Crippen molar-refractivity contribution in [1.29, 1.82) is 0 Å². The molecule has 0 saturated carbocycles. The second-order valence-corrected chi connectivity index (χ2v) is 9.06. The molecule has 1 atom stereocenters. The zero-order valence-electron chi connectivity index (χ0n) is 15.2. The van der Waals surface area contributed by atoms with Crippen LogP contribution < -0.4 is 4.46 Å². The molecule has 1 aromatic heterocycles. The molecule has 0 aliphatic heterocycles. The zero-order chi connectivity index (χ0) is 17.9. The third kappa shape index (κ3) is 3.49. The number of hydrogen-bond donors (Lipinski definition) is 0. The van der Waals surface area contributed by atoms with Gasteiger partial charge in [-0.05, 0) is 0 Å². The van der Waals surface area contributed by atoms with Gasteiger partial charge < -0.3 is 0 Å². The number of para-hydroxylation sites is 1. The summed E-state index contributed by atoms with van der Waals surface area (Å²) in [5.74, 6) is 0. The van der Waals surface area contributed by atoms with Gasteiger partial charge in [0.1, 0.15) is 0 Å². The van der Waals surface area contributed by atoms with Crippen LogP contribution in [0.25, 0.3) is 10.9 Å². The first-order valence-corrected chi connectivity index (χ1v) is 11.1. The number of fused-ring (bicyclic) bond motifs is 1. The fourth-order valence-corrected chi connectivity index (χ4v) is 5.67. The van der Waals surface area contributed by atoms with E-state index in [0.717, 1.165) is 5.32 Å². The van der Waals surface area contributed by atoms with Gasteiger partial charge in [-0.25, -0.2) is 0 Å². The third-order valence-corrected chi connectivity index (χ3v) is 7.15. The summed E-state index contributed by atoms with van der Waals surface area (Å²) in [4.78, 5) is 0. The van der Waals surface area contributed by atoms with E-state index in [1.807, 2.05) is 0 Å². The molecule has 0 saturated heterocycles. The molecule has 130 valence electrons. The molecule has 4 rings (SSSR count). The van der Waals surface area contributed by atoms with Gasteiger partial charge in [0.25, 0.3) is 0 Å². The average molecular weight is 404 g/mol. The molecule has 0 N–H and O–H groups in total. The molecule has 3 aromatic carbocycles. The Morgan fingerprint density at radius 3 is 2.27 bits per heavy atom. The van der Waals surface area contributed by atoms with Crippen LogP contribution in [0.4, 0.5) is 0 Å². The second-order valence-electron chi connectivity index (χ2n) is 6.77. The summed E-state index contributed by atoms with van der Waals surface area (Å²) in [6, 6.07) is 31.4. The number of aromatic nitrogens is 1. The van der Waals surface area contributed by atoms with Gasteiger partial charge >= 0.3 is 162 Å². The van der Waals surface area contributed by atoms with Crippen molar-refractivity contribution in [2.45, 2.75) is 25.2 Å². The van der Waals surface area contributed by atoms with Gasteiger partial charge in [0.2, 0.25) is 0 Å². The summed E-state index contributed by atoms with van der Waals surface area (Å²) in [5, 5.41) is 2.48. The van der Waals surface area contributed by atoms with Crippen molar-refractivity contribution in [2.24, 2.45) is 0 Å². The molecule has 1 unspecified atom stereocenters. The van der Waals surface area contributed by atoms with Gasteiger partial charge in [-0.3, -0.25) is 0 Å². The second kappa shape index (κ2) is 7.53.